The van der Waals surface area contributed by atoms with Crippen molar-refractivity contribution in [3.63, 3.8) is 0 Å². The third-order valence-electron chi connectivity index (χ3n) is 3.72. The molecule has 0 atom stereocenters. The second kappa shape index (κ2) is 7.35. The number of rotatable bonds is 6. The third-order valence-corrected chi connectivity index (χ3v) is 5.10. The van der Waals surface area contributed by atoms with Crippen LogP contribution in [0.5, 0.6) is 0 Å². The molecule has 0 aliphatic carbocycles. The minimum Gasteiger partial charge on any atom is -0.372 e. The molecule has 0 radical (unpaired) electrons. The van der Waals surface area contributed by atoms with Gasteiger partial charge in [0, 0.05) is 24.5 Å². The summed E-state index contributed by atoms with van der Waals surface area (Å²) in [5.41, 5.74) is 0.215. The van der Waals surface area contributed by atoms with E-state index in [1.807, 2.05) is 13.8 Å². The fraction of sp³-hybridized carbons (Fsp3) is 0.294. The molecule has 0 bridgehead atoms. The van der Waals surface area contributed by atoms with Gasteiger partial charge in [-0.1, -0.05) is 6.07 Å². The number of nitrogens with one attached hydrogen (secondary N) is 1. The van der Waals surface area contributed by atoms with Crippen LogP contribution < -0.4 is 9.62 Å². The molecule has 0 spiro atoms. The molecule has 0 saturated carbocycles. The molecule has 0 aliphatic rings. The van der Waals surface area contributed by atoms with Crippen molar-refractivity contribution in [1.82, 2.24) is 0 Å². The Morgan fingerprint density at radius 2 is 1.60 bits per heavy atom. The number of alkyl halides is 3. The highest BCUT2D eigenvalue weighted by Crippen LogP contribution is 2.31. The van der Waals surface area contributed by atoms with Crippen molar-refractivity contribution in [2.24, 2.45) is 0 Å². The number of hydrogen-bond acceptors (Lipinski definition) is 3. The molecule has 0 amide bonds. The van der Waals surface area contributed by atoms with Gasteiger partial charge in [0.1, 0.15) is 0 Å². The van der Waals surface area contributed by atoms with Gasteiger partial charge in [-0.3, -0.25) is 4.72 Å². The predicted molar refractivity (Wildman–Crippen MR) is 92.3 cm³/mol. The normalized spacial score (nSPS) is 12.0. The summed E-state index contributed by atoms with van der Waals surface area (Å²) >= 11 is 0. The summed E-state index contributed by atoms with van der Waals surface area (Å²) in [5, 5.41) is 0. The van der Waals surface area contributed by atoms with Crippen molar-refractivity contribution in [2.45, 2.75) is 24.9 Å². The first kappa shape index (κ1) is 19.1. The van der Waals surface area contributed by atoms with E-state index in [1.165, 1.54) is 0 Å². The summed E-state index contributed by atoms with van der Waals surface area (Å²) < 4.78 is 65.2. The highest BCUT2D eigenvalue weighted by Gasteiger charge is 2.31. The van der Waals surface area contributed by atoms with Gasteiger partial charge < -0.3 is 4.90 Å². The average Bonchev–Trinajstić information content (AvgIpc) is 2.56. The van der Waals surface area contributed by atoms with Crippen LogP contribution in [-0.2, 0) is 16.2 Å². The molecule has 2 aromatic carbocycles. The Kier molecular flexibility index (Phi) is 5.62. The first-order valence-electron chi connectivity index (χ1n) is 7.72. The molecule has 0 heterocycles. The van der Waals surface area contributed by atoms with E-state index in [-0.39, 0.29) is 5.69 Å². The summed E-state index contributed by atoms with van der Waals surface area (Å²) in [5.74, 6) is 0. The van der Waals surface area contributed by atoms with E-state index in [9.17, 15) is 21.6 Å². The standard InChI is InChI=1S/C17H19F3N2O2S/c1-3-22(4-2)15-10-8-14(9-11-15)21-25(23,24)16-7-5-6-13(12-16)17(18,19)20/h5-12,21H,3-4H2,1-2H3. The monoisotopic (exact) mass is 372 g/mol. The highest BCUT2D eigenvalue weighted by molar-refractivity contribution is 7.92. The van der Waals surface area contributed by atoms with E-state index < -0.39 is 26.7 Å². The molecule has 25 heavy (non-hydrogen) atoms. The summed E-state index contributed by atoms with van der Waals surface area (Å²) in [7, 11) is -4.10. The van der Waals surface area contributed by atoms with Gasteiger partial charge in [-0.15, -0.1) is 0 Å². The Morgan fingerprint density at radius 3 is 2.12 bits per heavy atom. The van der Waals surface area contributed by atoms with Crippen molar-refractivity contribution >= 4 is 21.4 Å². The fourth-order valence-electron chi connectivity index (χ4n) is 2.38. The van der Waals surface area contributed by atoms with Crippen molar-refractivity contribution in [3.8, 4) is 0 Å². The zero-order chi connectivity index (χ0) is 18.7. The number of halogens is 3. The first-order chi connectivity index (χ1) is 11.7. The van der Waals surface area contributed by atoms with Crippen LogP contribution in [0.1, 0.15) is 19.4 Å². The molecule has 1 N–H and O–H groups in total. The maximum atomic E-state index is 12.8. The van der Waals surface area contributed by atoms with Gasteiger partial charge in [0.15, 0.2) is 0 Å². The van der Waals surface area contributed by atoms with Crippen molar-refractivity contribution < 1.29 is 21.6 Å². The number of sulfonamides is 1. The molecule has 136 valence electrons. The van der Waals surface area contributed by atoms with Gasteiger partial charge in [0.25, 0.3) is 10.0 Å². The fourth-order valence-corrected chi connectivity index (χ4v) is 3.49. The number of nitrogens with zero attached hydrogens (tertiary/aromatic N) is 1. The third kappa shape index (κ3) is 4.66. The Bertz CT molecular complexity index is 815. The molecule has 4 nitrogen and oxygen atoms in total. The van der Waals surface area contributed by atoms with Crippen LogP contribution in [0.4, 0.5) is 24.5 Å². The molecule has 0 aliphatic heterocycles. The van der Waals surface area contributed by atoms with E-state index in [2.05, 4.69) is 9.62 Å². The van der Waals surface area contributed by atoms with Crippen molar-refractivity contribution in [2.75, 3.05) is 22.7 Å². The largest absolute Gasteiger partial charge is 0.416 e. The summed E-state index contributed by atoms with van der Waals surface area (Å²) in [6.45, 7) is 5.64. The number of benzene rings is 2. The Labute approximate surface area is 145 Å². The second-order valence-corrected chi connectivity index (χ2v) is 7.03. The SMILES string of the molecule is CCN(CC)c1ccc(NS(=O)(=O)c2cccc(C(F)(F)F)c2)cc1. The molecule has 0 aromatic heterocycles. The topological polar surface area (TPSA) is 49.4 Å². The highest BCUT2D eigenvalue weighted by atomic mass is 32.2. The minimum atomic E-state index is -4.60. The van der Waals surface area contributed by atoms with Gasteiger partial charge >= 0.3 is 6.18 Å². The molecule has 2 aromatic rings. The molecule has 0 saturated heterocycles. The zero-order valence-electron chi connectivity index (χ0n) is 13.8. The van der Waals surface area contributed by atoms with Gasteiger partial charge in [0.05, 0.1) is 10.5 Å². The Balaban J connectivity index is 2.24. The van der Waals surface area contributed by atoms with Crippen LogP contribution in [0.3, 0.4) is 0 Å². The Hall–Kier alpha value is -2.22. The quantitative estimate of drug-likeness (QED) is 0.820. The van der Waals surface area contributed by atoms with Crippen LogP contribution >= 0.6 is 0 Å². The minimum absolute atomic E-state index is 0.285. The lowest BCUT2D eigenvalue weighted by molar-refractivity contribution is -0.137. The number of anilines is 2. The van der Waals surface area contributed by atoms with Crippen LogP contribution in [-0.4, -0.2) is 21.5 Å². The molecule has 2 rings (SSSR count). The average molecular weight is 372 g/mol. The van der Waals surface area contributed by atoms with E-state index >= 15 is 0 Å². The summed E-state index contributed by atoms with van der Waals surface area (Å²) in [4.78, 5) is 1.65. The maximum absolute atomic E-state index is 12.8. The molecule has 0 fully saturated rings. The lowest BCUT2D eigenvalue weighted by Crippen LogP contribution is -2.21. The van der Waals surface area contributed by atoms with Gasteiger partial charge in [-0.05, 0) is 56.3 Å². The summed E-state index contributed by atoms with van der Waals surface area (Å²) in [6, 6.07) is 10.3. The van der Waals surface area contributed by atoms with Gasteiger partial charge in [0.2, 0.25) is 0 Å². The van der Waals surface area contributed by atoms with Crippen LogP contribution in [0.15, 0.2) is 53.4 Å². The molecular weight excluding hydrogens is 353 g/mol. The maximum Gasteiger partial charge on any atom is 0.416 e. The Morgan fingerprint density at radius 1 is 1.00 bits per heavy atom. The summed E-state index contributed by atoms with van der Waals surface area (Å²) in [6.07, 6.45) is -4.60. The van der Waals surface area contributed by atoms with Gasteiger partial charge in [-0.25, -0.2) is 8.42 Å². The van der Waals surface area contributed by atoms with Crippen molar-refractivity contribution in [1.29, 1.82) is 0 Å². The van der Waals surface area contributed by atoms with Crippen molar-refractivity contribution in [3.05, 3.63) is 54.1 Å². The second-order valence-electron chi connectivity index (χ2n) is 5.35. The van der Waals surface area contributed by atoms with E-state index in [0.717, 1.165) is 37.0 Å². The zero-order valence-corrected chi connectivity index (χ0v) is 14.7. The lowest BCUT2D eigenvalue weighted by atomic mass is 10.2. The van der Waals surface area contributed by atoms with E-state index in [0.29, 0.717) is 6.07 Å². The smallest absolute Gasteiger partial charge is 0.372 e. The van der Waals surface area contributed by atoms with E-state index in [4.69, 9.17) is 0 Å². The van der Waals surface area contributed by atoms with E-state index in [1.54, 1.807) is 24.3 Å². The van der Waals surface area contributed by atoms with Gasteiger partial charge in [-0.2, -0.15) is 13.2 Å². The lowest BCUT2D eigenvalue weighted by Gasteiger charge is -2.21. The van der Waals surface area contributed by atoms with Crippen LogP contribution in [0.2, 0.25) is 0 Å². The predicted octanol–water partition coefficient (Wildman–Crippen LogP) is 4.35. The molecule has 0 unspecified atom stereocenters. The molecular formula is C17H19F3N2O2S. The van der Waals surface area contributed by atoms with Crippen LogP contribution in [0, 0.1) is 0 Å². The number of hydrogen-bond donors (Lipinski definition) is 1. The first-order valence-corrected chi connectivity index (χ1v) is 9.20. The van der Waals surface area contributed by atoms with Crippen LogP contribution in [0.25, 0.3) is 0 Å². The molecule has 8 heteroatoms.